The zero-order valence-corrected chi connectivity index (χ0v) is 17.1. The monoisotopic (exact) mass is 442 g/mol. The van der Waals surface area contributed by atoms with Gasteiger partial charge in [-0.3, -0.25) is 19.7 Å². The molecule has 1 N–H and O–H groups in total. The van der Waals surface area contributed by atoms with Gasteiger partial charge in [0.2, 0.25) is 0 Å². The number of nitro groups is 1. The van der Waals surface area contributed by atoms with Crippen LogP contribution in [0.1, 0.15) is 30.0 Å². The molecule has 31 heavy (non-hydrogen) atoms. The summed E-state index contributed by atoms with van der Waals surface area (Å²) in [4.78, 5) is 38.3. The topological polar surface area (TPSA) is 110 Å². The molecule has 0 unspecified atom stereocenters. The highest BCUT2D eigenvalue weighted by Crippen LogP contribution is 2.43. The Balaban J connectivity index is 1.89. The number of likely N-dealkylation sites (tertiary alicyclic amines) is 1. The fourth-order valence-corrected chi connectivity index (χ4v) is 4.17. The maximum atomic E-state index is 13.0. The van der Waals surface area contributed by atoms with Crippen LogP contribution in [0.5, 0.6) is 0 Å². The van der Waals surface area contributed by atoms with Gasteiger partial charge in [-0.15, -0.1) is 0 Å². The quantitative estimate of drug-likeness (QED) is 0.247. The van der Waals surface area contributed by atoms with Gasteiger partial charge in [-0.05, 0) is 43.2 Å². The number of ketones is 1. The fourth-order valence-electron chi connectivity index (χ4n) is 4.05. The van der Waals surface area contributed by atoms with Gasteiger partial charge in [-0.25, -0.2) is 0 Å². The van der Waals surface area contributed by atoms with E-state index in [1.165, 1.54) is 35.2 Å². The van der Waals surface area contributed by atoms with E-state index < -0.39 is 28.4 Å². The molecule has 0 aromatic heterocycles. The van der Waals surface area contributed by atoms with Crippen molar-refractivity contribution in [1.82, 2.24) is 4.90 Å². The molecule has 0 spiro atoms. The molecule has 0 aliphatic carbocycles. The lowest BCUT2D eigenvalue weighted by Gasteiger charge is -2.27. The first-order valence-corrected chi connectivity index (χ1v) is 10.2. The van der Waals surface area contributed by atoms with Gasteiger partial charge in [0.05, 0.1) is 28.2 Å². The van der Waals surface area contributed by atoms with Gasteiger partial charge in [-0.2, -0.15) is 0 Å². The van der Waals surface area contributed by atoms with Gasteiger partial charge >= 0.3 is 0 Å². The lowest BCUT2D eigenvalue weighted by molar-refractivity contribution is -0.385. The minimum absolute atomic E-state index is 0.0959. The number of hydrogen-bond acceptors (Lipinski definition) is 6. The average Bonchev–Trinajstić information content (AvgIpc) is 3.36. The average molecular weight is 443 g/mol. The molecule has 2 fully saturated rings. The van der Waals surface area contributed by atoms with Crippen molar-refractivity contribution in [1.29, 1.82) is 0 Å². The Morgan fingerprint density at radius 1 is 1.19 bits per heavy atom. The van der Waals surface area contributed by atoms with Crippen molar-refractivity contribution in [2.75, 3.05) is 13.2 Å². The maximum absolute atomic E-state index is 13.0. The van der Waals surface area contributed by atoms with Crippen molar-refractivity contribution < 1.29 is 24.4 Å². The van der Waals surface area contributed by atoms with Gasteiger partial charge in [0.1, 0.15) is 5.76 Å². The number of amides is 1. The lowest BCUT2D eigenvalue weighted by Crippen LogP contribution is -2.36. The number of rotatable bonds is 5. The summed E-state index contributed by atoms with van der Waals surface area (Å²) in [7, 11) is 0. The highest BCUT2D eigenvalue weighted by atomic mass is 35.5. The number of carbonyl (C=O) groups excluding carboxylic acids is 2. The number of nitrogens with zero attached hydrogens (tertiary/aromatic N) is 2. The molecule has 1 amide bonds. The van der Waals surface area contributed by atoms with Crippen molar-refractivity contribution in [2.24, 2.45) is 0 Å². The van der Waals surface area contributed by atoms with Gasteiger partial charge in [-0.1, -0.05) is 23.7 Å². The van der Waals surface area contributed by atoms with Crippen molar-refractivity contribution in [3.8, 4) is 0 Å². The van der Waals surface area contributed by atoms with E-state index in [9.17, 15) is 24.8 Å². The molecule has 160 valence electrons. The summed E-state index contributed by atoms with van der Waals surface area (Å²) in [5.74, 6) is -2.13. The molecule has 2 aromatic carbocycles. The van der Waals surface area contributed by atoms with E-state index in [2.05, 4.69) is 0 Å². The number of ether oxygens (including phenoxy) is 1. The molecule has 0 radical (unpaired) electrons. The van der Waals surface area contributed by atoms with Crippen LogP contribution in [0.25, 0.3) is 5.76 Å². The Bertz CT molecular complexity index is 1080. The zero-order chi connectivity index (χ0) is 22.1. The Hall–Kier alpha value is -3.23. The second kappa shape index (κ2) is 8.49. The molecule has 8 nitrogen and oxygen atoms in total. The Morgan fingerprint density at radius 3 is 2.55 bits per heavy atom. The molecule has 2 aliphatic heterocycles. The number of aliphatic hydroxyl groups is 1. The van der Waals surface area contributed by atoms with Gasteiger partial charge in [0.25, 0.3) is 17.4 Å². The molecule has 2 atom stereocenters. The molecular weight excluding hydrogens is 424 g/mol. The third kappa shape index (κ3) is 3.92. The molecule has 2 aromatic rings. The summed E-state index contributed by atoms with van der Waals surface area (Å²) in [5.41, 5.74) is -0.00308. The maximum Gasteiger partial charge on any atom is 0.295 e. The second-order valence-corrected chi connectivity index (χ2v) is 7.85. The SMILES string of the molecule is O=C1C(=O)N(C[C@H]2CCCO2)[C@H](c2ccccc2[N+](=O)[O-])C1=C(O)c1ccc(Cl)cc1. The van der Waals surface area contributed by atoms with E-state index in [-0.39, 0.29) is 35.0 Å². The first kappa shape index (κ1) is 21.0. The van der Waals surface area contributed by atoms with E-state index in [0.717, 1.165) is 6.42 Å². The second-order valence-electron chi connectivity index (χ2n) is 7.41. The fraction of sp³-hybridized carbons (Fsp3) is 0.273. The van der Waals surface area contributed by atoms with Crippen LogP contribution >= 0.6 is 11.6 Å². The standard InChI is InChI=1S/C22H19ClN2O6/c23-14-9-7-13(8-10-14)20(26)18-19(16-5-1-2-6-17(16)25(29)30)24(22(28)21(18)27)12-15-4-3-11-31-15/h1-2,5-10,15,19,26H,3-4,11-12H2/t15-,19-/m1/s1. The van der Waals surface area contributed by atoms with Crippen LogP contribution in [0, 0.1) is 10.1 Å². The molecule has 9 heteroatoms. The van der Waals surface area contributed by atoms with E-state index >= 15 is 0 Å². The third-order valence-corrected chi connectivity index (χ3v) is 5.76. The Kier molecular flexibility index (Phi) is 5.75. The summed E-state index contributed by atoms with van der Waals surface area (Å²) in [5, 5.41) is 23.1. The Labute approximate surface area is 182 Å². The van der Waals surface area contributed by atoms with Crippen molar-refractivity contribution >= 4 is 34.7 Å². The minimum Gasteiger partial charge on any atom is -0.507 e. The largest absolute Gasteiger partial charge is 0.507 e. The van der Waals surface area contributed by atoms with Crippen LogP contribution < -0.4 is 0 Å². The van der Waals surface area contributed by atoms with Crippen LogP contribution in [0.2, 0.25) is 5.02 Å². The summed E-state index contributed by atoms with van der Waals surface area (Å²) in [6, 6.07) is 10.9. The Morgan fingerprint density at radius 2 is 1.90 bits per heavy atom. The number of nitro benzene ring substituents is 1. The van der Waals surface area contributed by atoms with E-state index in [1.54, 1.807) is 18.2 Å². The predicted octanol–water partition coefficient (Wildman–Crippen LogP) is 3.85. The molecule has 0 bridgehead atoms. The van der Waals surface area contributed by atoms with Crippen LogP contribution in [0.15, 0.2) is 54.1 Å². The van der Waals surface area contributed by atoms with Crippen LogP contribution in [-0.2, 0) is 14.3 Å². The van der Waals surface area contributed by atoms with Crippen molar-refractivity contribution in [3.05, 3.63) is 80.4 Å². The highest BCUT2D eigenvalue weighted by Gasteiger charge is 2.48. The highest BCUT2D eigenvalue weighted by molar-refractivity contribution is 6.46. The number of halogens is 1. The van der Waals surface area contributed by atoms with Crippen molar-refractivity contribution in [3.63, 3.8) is 0 Å². The lowest BCUT2D eigenvalue weighted by atomic mass is 9.94. The van der Waals surface area contributed by atoms with Crippen LogP contribution in [-0.4, -0.2) is 45.9 Å². The molecule has 0 saturated carbocycles. The normalized spacial score (nSPS) is 22.8. The summed E-state index contributed by atoms with van der Waals surface area (Å²) in [6.07, 6.45) is 1.26. The van der Waals surface area contributed by atoms with Gasteiger partial charge < -0.3 is 14.7 Å². The van der Waals surface area contributed by atoms with Crippen molar-refractivity contribution in [2.45, 2.75) is 25.0 Å². The van der Waals surface area contributed by atoms with Gasteiger partial charge in [0.15, 0.2) is 0 Å². The number of Topliss-reactive ketones (excluding diaryl/α,β-unsaturated/α-hetero) is 1. The van der Waals surface area contributed by atoms with Crippen LogP contribution in [0.3, 0.4) is 0 Å². The number of hydrogen-bond donors (Lipinski definition) is 1. The third-order valence-electron chi connectivity index (χ3n) is 5.51. The zero-order valence-electron chi connectivity index (χ0n) is 16.4. The van der Waals surface area contributed by atoms with E-state index in [4.69, 9.17) is 16.3 Å². The summed E-state index contributed by atoms with van der Waals surface area (Å²) >= 11 is 5.91. The number of benzene rings is 2. The first-order chi connectivity index (χ1) is 14.9. The van der Waals surface area contributed by atoms with E-state index in [1.807, 2.05) is 0 Å². The number of carbonyl (C=O) groups is 2. The smallest absolute Gasteiger partial charge is 0.295 e. The first-order valence-electron chi connectivity index (χ1n) is 9.77. The molecule has 2 saturated heterocycles. The number of aliphatic hydroxyl groups excluding tert-OH is 1. The summed E-state index contributed by atoms with van der Waals surface area (Å²) in [6.45, 7) is 0.647. The van der Waals surface area contributed by atoms with E-state index in [0.29, 0.717) is 18.1 Å². The molecule has 2 aliphatic rings. The van der Waals surface area contributed by atoms with Crippen LogP contribution in [0.4, 0.5) is 5.69 Å². The molecule has 4 rings (SSSR count). The number of para-hydroxylation sites is 1. The molecular formula is C22H19ClN2O6. The molecule has 2 heterocycles. The predicted molar refractivity (Wildman–Crippen MR) is 113 cm³/mol. The summed E-state index contributed by atoms with van der Waals surface area (Å²) < 4.78 is 5.62. The van der Waals surface area contributed by atoms with Gasteiger partial charge in [0, 0.05) is 29.8 Å². The minimum atomic E-state index is -1.11.